The van der Waals surface area contributed by atoms with Gasteiger partial charge in [-0.2, -0.15) is 0 Å². The van der Waals surface area contributed by atoms with E-state index in [0.29, 0.717) is 37.3 Å². The average molecular weight is 448 g/mol. The van der Waals surface area contributed by atoms with E-state index in [1.807, 2.05) is 51.9 Å². The standard InChI is InChI=1S/C25H29N5O3/c26-23(31)22(17-6-2-1-3-7-17)28-12-14-29(15-13-28)24(32)18-10-11-21-20(16-18)27-25(33)30(21)19-8-4-5-9-19/h1-3,6-7,10-11,16,19,22H,4-5,8-9,12-15H2,(H2,26,31)(H,27,33). The molecule has 8 heteroatoms. The Morgan fingerprint density at radius 1 is 0.970 bits per heavy atom. The number of primary amides is 1. The topological polar surface area (TPSA) is 104 Å². The van der Waals surface area contributed by atoms with Crippen molar-refractivity contribution in [2.75, 3.05) is 26.2 Å². The van der Waals surface area contributed by atoms with Gasteiger partial charge in [-0.1, -0.05) is 43.2 Å². The molecule has 8 nitrogen and oxygen atoms in total. The highest BCUT2D eigenvalue weighted by Gasteiger charge is 2.31. The Balaban J connectivity index is 1.31. The van der Waals surface area contributed by atoms with Crippen LogP contribution in [0.25, 0.3) is 11.0 Å². The van der Waals surface area contributed by atoms with Gasteiger partial charge < -0.3 is 15.6 Å². The van der Waals surface area contributed by atoms with Crippen LogP contribution in [0.3, 0.4) is 0 Å². The van der Waals surface area contributed by atoms with Gasteiger partial charge in [-0.25, -0.2) is 4.79 Å². The molecule has 1 atom stereocenters. The van der Waals surface area contributed by atoms with Gasteiger partial charge >= 0.3 is 5.69 Å². The molecular weight excluding hydrogens is 418 g/mol. The van der Waals surface area contributed by atoms with Gasteiger partial charge in [-0.15, -0.1) is 0 Å². The second kappa shape index (κ2) is 8.86. The molecule has 3 aromatic rings. The van der Waals surface area contributed by atoms with E-state index in [0.717, 1.165) is 36.8 Å². The quantitative estimate of drug-likeness (QED) is 0.627. The number of aromatic nitrogens is 2. The number of H-pyrrole nitrogens is 1. The zero-order chi connectivity index (χ0) is 22.9. The van der Waals surface area contributed by atoms with E-state index in [1.54, 1.807) is 11.0 Å². The Morgan fingerprint density at radius 2 is 1.67 bits per heavy atom. The van der Waals surface area contributed by atoms with Gasteiger partial charge in [-0.05, 0) is 36.6 Å². The Bertz CT molecular complexity index is 1220. The minimum atomic E-state index is -0.500. The lowest BCUT2D eigenvalue weighted by Gasteiger charge is -2.38. The maximum atomic E-state index is 13.2. The predicted molar refractivity (Wildman–Crippen MR) is 126 cm³/mol. The van der Waals surface area contributed by atoms with Crippen molar-refractivity contribution in [3.05, 3.63) is 70.1 Å². The first-order valence-corrected chi connectivity index (χ1v) is 11.6. The van der Waals surface area contributed by atoms with Crippen LogP contribution in [0, 0.1) is 0 Å². The van der Waals surface area contributed by atoms with E-state index >= 15 is 0 Å². The summed E-state index contributed by atoms with van der Waals surface area (Å²) in [5.41, 5.74) is 8.59. The normalized spacial score (nSPS) is 18.6. The highest BCUT2D eigenvalue weighted by molar-refractivity contribution is 5.97. The molecule has 2 heterocycles. The summed E-state index contributed by atoms with van der Waals surface area (Å²) in [6.45, 7) is 2.14. The fourth-order valence-corrected chi connectivity index (χ4v) is 5.35. The molecule has 2 aliphatic rings. The van der Waals surface area contributed by atoms with Crippen LogP contribution in [0.5, 0.6) is 0 Å². The molecule has 0 bridgehead atoms. The Hall–Kier alpha value is -3.39. The molecule has 1 saturated carbocycles. The van der Waals surface area contributed by atoms with Crippen molar-refractivity contribution in [2.45, 2.75) is 37.8 Å². The number of aromatic amines is 1. The molecule has 3 N–H and O–H groups in total. The van der Waals surface area contributed by atoms with E-state index in [9.17, 15) is 14.4 Å². The van der Waals surface area contributed by atoms with Gasteiger partial charge in [0.05, 0.1) is 11.0 Å². The number of nitrogens with two attached hydrogens (primary N) is 1. The summed E-state index contributed by atoms with van der Waals surface area (Å²) in [5.74, 6) is -0.455. The van der Waals surface area contributed by atoms with Gasteiger partial charge in [0.2, 0.25) is 5.91 Å². The molecule has 2 aromatic carbocycles. The molecule has 2 fully saturated rings. The molecule has 1 aliphatic heterocycles. The molecule has 33 heavy (non-hydrogen) atoms. The third kappa shape index (κ3) is 4.06. The Morgan fingerprint density at radius 3 is 2.33 bits per heavy atom. The van der Waals surface area contributed by atoms with Crippen LogP contribution in [-0.4, -0.2) is 57.3 Å². The van der Waals surface area contributed by atoms with E-state index in [-0.39, 0.29) is 23.5 Å². The minimum absolute atomic E-state index is 0.0682. The lowest BCUT2D eigenvalue weighted by molar-refractivity contribution is -0.124. The number of benzene rings is 2. The van der Waals surface area contributed by atoms with Crippen LogP contribution in [-0.2, 0) is 4.79 Å². The van der Waals surface area contributed by atoms with Gasteiger partial charge in [0.1, 0.15) is 6.04 Å². The van der Waals surface area contributed by atoms with Crippen LogP contribution in [0.1, 0.15) is 53.7 Å². The van der Waals surface area contributed by atoms with E-state index in [1.165, 1.54) is 0 Å². The summed E-state index contributed by atoms with van der Waals surface area (Å²) in [6.07, 6.45) is 4.33. The lowest BCUT2D eigenvalue weighted by Crippen LogP contribution is -2.51. The molecule has 2 amide bonds. The molecule has 0 radical (unpaired) electrons. The molecule has 1 aromatic heterocycles. The van der Waals surface area contributed by atoms with Gasteiger partial charge in [0.15, 0.2) is 0 Å². The molecule has 172 valence electrons. The van der Waals surface area contributed by atoms with Crippen molar-refractivity contribution in [1.29, 1.82) is 0 Å². The van der Waals surface area contributed by atoms with E-state index < -0.39 is 6.04 Å². The lowest BCUT2D eigenvalue weighted by atomic mass is 10.0. The fourth-order valence-electron chi connectivity index (χ4n) is 5.35. The second-order valence-corrected chi connectivity index (χ2v) is 9.01. The van der Waals surface area contributed by atoms with Crippen molar-refractivity contribution in [2.24, 2.45) is 5.73 Å². The van der Waals surface area contributed by atoms with Crippen molar-refractivity contribution in [3.8, 4) is 0 Å². The van der Waals surface area contributed by atoms with E-state index in [2.05, 4.69) is 4.98 Å². The molecule has 0 spiro atoms. The zero-order valence-corrected chi connectivity index (χ0v) is 18.6. The first-order chi connectivity index (χ1) is 16.0. The summed E-state index contributed by atoms with van der Waals surface area (Å²) in [7, 11) is 0. The third-order valence-corrected chi connectivity index (χ3v) is 7.00. The van der Waals surface area contributed by atoms with Crippen LogP contribution in [0.2, 0.25) is 0 Å². The fraction of sp³-hybridized carbons (Fsp3) is 0.400. The molecule has 1 aliphatic carbocycles. The number of imidazole rings is 1. The number of carbonyl (C=O) groups is 2. The number of carbonyl (C=O) groups excluding carboxylic acids is 2. The molecular formula is C25H29N5O3. The first kappa shape index (κ1) is 21.5. The third-order valence-electron chi connectivity index (χ3n) is 7.00. The Labute approximate surface area is 192 Å². The largest absolute Gasteiger partial charge is 0.368 e. The van der Waals surface area contributed by atoms with Crippen molar-refractivity contribution < 1.29 is 9.59 Å². The molecule has 1 unspecified atom stereocenters. The number of fused-ring (bicyclic) bond motifs is 1. The average Bonchev–Trinajstić information content (AvgIpc) is 3.46. The number of hydrogen-bond acceptors (Lipinski definition) is 4. The number of nitrogens with one attached hydrogen (secondary N) is 1. The van der Waals surface area contributed by atoms with Gasteiger partial charge in [0.25, 0.3) is 5.91 Å². The van der Waals surface area contributed by atoms with Crippen LogP contribution in [0.15, 0.2) is 53.3 Å². The number of hydrogen-bond donors (Lipinski definition) is 2. The zero-order valence-electron chi connectivity index (χ0n) is 18.6. The summed E-state index contributed by atoms with van der Waals surface area (Å²) in [5, 5.41) is 0. The smallest absolute Gasteiger partial charge is 0.326 e. The van der Waals surface area contributed by atoms with E-state index in [4.69, 9.17) is 5.73 Å². The number of piperazine rings is 1. The molecule has 5 rings (SSSR count). The van der Waals surface area contributed by atoms with Crippen LogP contribution < -0.4 is 11.4 Å². The molecule has 1 saturated heterocycles. The summed E-state index contributed by atoms with van der Waals surface area (Å²) in [4.78, 5) is 44.7. The SMILES string of the molecule is NC(=O)C(c1ccccc1)N1CCN(C(=O)c2ccc3c(c2)[nH]c(=O)n3C2CCCC2)CC1. The monoisotopic (exact) mass is 447 g/mol. The summed E-state index contributed by atoms with van der Waals surface area (Å²) >= 11 is 0. The van der Waals surface area contributed by atoms with Crippen molar-refractivity contribution >= 4 is 22.8 Å². The van der Waals surface area contributed by atoms with Crippen molar-refractivity contribution in [1.82, 2.24) is 19.4 Å². The number of rotatable bonds is 5. The summed E-state index contributed by atoms with van der Waals surface area (Å²) in [6, 6.07) is 14.7. The van der Waals surface area contributed by atoms with Crippen molar-refractivity contribution in [3.63, 3.8) is 0 Å². The maximum absolute atomic E-state index is 13.2. The predicted octanol–water partition coefficient (Wildman–Crippen LogP) is 2.43. The number of amides is 2. The van der Waals surface area contributed by atoms with Gasteiger partial charge in [-0.3, -0.25) is 19.1 Å². The minimum Gasteiger partial charge on any atom is -0.368 e. The summed E-state index contributed by atoms with van der Waals surface area (Å²) < 4.78 is 1.85. The maximum Gasteiger partial charge on any atom is 0.326 e. The Kier molecular flexibility index (Phi) is 5.76. The first-order valence-electron chi connectivity index (χ1n) is 11.6. The highest BCUT2D eigenvalue weighted by Crippen LogP contribution is 2.31. The van der Waals surface area contributed by atoms with Crippen LogP contribution >= 0.6 is 0 Å². The highest BCUT2D eigenvalue weighted by atomic mass is 16.2. The van der Waals surface area contributed by atoms with Crippen LogP contribution in [0.4, 0.5) is 0 Å². The van der Waals surface area contributed by atoms with Gasteiger partial charge in [0, 0.05) is 37.8 Å². The second-order valence-electron chi connectivity index (χ2n) is 9.01. The number of nitrogens with zero attached hydrogens (tertiary/aromatic N) is 3.